The van der Waals surface area contributed by atoms with Gasteiger partial charge in [0.15, 0.2) is 0 Å². The zero-order valence-electron chi connectivity index (χ0n) is 21.4. The van der Waals surface area contributed by atoms with Crippen molar-refractivity contribution in [1.82, 2.24) is 9.62 Å². The molecule has 0 bridgehead atoms. The third kappa shape index (κ3) is 7.36. The van der Waals surface area contributed by atoms with Gasteiger partial charge in [0.2, 0.25) is 26.0 Å². The minimum Gasteiger partial charge on any atom is -0.497 e. The molecule has 1 atom stereocenters. The predicted molar refractivity (Wildman–Crippen MR) is 142 cm³/mol. The lowest BCUT2D eigenvalue weighted by atomic mass is 10.2. The van der Waals surface area contributed by atoms with Crippen LogP contribution >= 0.6 is 0 Å². The number of piperidine rings is 1. The van der Waals surface area contributed by atoms with E-state index in [4.69, 9.17) is 9.47 Å². The number of hydrogen-bond acceptors (Lipinski definition) is 7. The van der Waals surface area contributed by atoms with Gasteiger partial charge in [0.1, 0.15) is 24.1 Å². The lowest BCUT2D eigenvalue weighted by molar-refractivity contribution is -0.122. The minimum atomic E-state index is -3.74. The second-order valence-corrected chi connectivity index (χ2v) is 12.6. The van der Waals surface area contributed by atoms with E-state index >= 15 is 0 Å². The Bertz CT molecular complexity index is 1240. The van der Waals surface area contributed by atoms with Gasteiger partial charge in [-0.15, -0.1) is 0 Å². The van der Waals surface area contributed by atoms with Crippen LogP contribution in [-0.4, -0.2) is 72.7 Å². The van der Waals surface area contributed by atoms with Crippen LogP contribution in [-0.2, 0) is 24.8 Å². The van der Waals surface area contributed by atoms with Gasteiger partial charge in [-0.25, -0.2) is 16.8 Å². The number of benzene rings is 2. The Balaban J connectivity index is 1.57. The normalized spacial score (nSPS) is 15.5. The summed E-state index contributed by atoms with van der Waals surface area (Å²) in [5, 5.41) is 2.73. The van der Waals surface area contributed by atoms with E-state index in [0.717, 1.165) is 29.8 Å². The SMILES string of the molecule is CC[C@H](C(=O)NCCOc1ccc(S(=O)(=O)N2CCCCC2)cc1)N(c1ccc(OC)cc1)S(C)(=O)=O. The average molecular weight is 554 g/mol. The fourth-order valence-electron chi connectivity index (χ4n) is 4.21. The Morgan fingerprint density at radius 2 is 1.57 bits per heavy atom. The maximum atomic E-state index is 12.9. The lowest BCUT2D eigenvalue weighted by Crippen LogP contribution is -2.50. The average Bonchev–Trinajstić information content (AvgIpc) is 2.89. The standard InChI is InChI=1S/C25H35N3O7S2/c1-4-24(28(36(3,30)31)20-8-10-21(34-2)11-9-20)25(29)26-16-19-35-22-12-14-23(15-13-22)37(32,33)27-17-6-5-7-18-27/h8-15,24H,4-7,16-19H2,1-3H3,(H,26,29)/t24-/m1/s1. The second kappa shape index (κ2) is 12.6. The number of nitrogens with zero attached hydrogens (tertiary/aromatic N) is 2. The smallest absolute Gasteiger partial charge is 0.244 e. The molecule has 0 spiro atoms. The van der Waals surface area contributed by atoms with Gasteiger partial charge in [0.05, 0.1) is 30.5 Å². The van der Waals surface area contributed by atoms with Crippen molar-refractivity contribution in [2.75, 3.05) is 43.9 Å². The molecule has 3 rings (SSSR count). The first-order valence-corrected chi connectivity index (χ1v) is 15.5. The molecule has 2 aromatic carbocycles. The van der Waals surface area contributed by atoms with Crippen LogP contribution in [0.4, 0.5) is 5.69 Å². The van der Waals surface area contributed by atoms with E-state index in [1.807, 2.05) is 0 Å². The maximum absolute atomic E-state index is 12.9. The molecule has 2 aromatic rings. The van der Waals surface area contributed by atoms with Crippen molar-refractivity contribution in [3.8, 4) is 11.5 Å². The topological polar surface area (TPSA) is 122 Å². The van der Waals surface area contributed by atoms with Crippen molar-refractivity contribution in [3.63, 3.8) is 0 Å². The summed E-state index contributed by atoms with van der Waals surface area (Å²) >= 11 is 0. The molecule has 0 radical (unpaired) electrons. The van der Waals surface area contributed by atoms with E-state index < -0.39 is 32.0 Å². The summed E-state index contributed by atoms with van der Waals surface area (Å²) in [6.45, 7) is 3.08. The summed E-state index contributed by atoms with van der Waals surface area (Å²) in [7, 11) is -5.75. The van der Waals surface area contributed by atoms with Crippen molar-refractivity contribution >= 4 is 31.6 Å². The molecule has 10 nitrogen and oxygen atoms in total. The van der Waals surface area contributed by atoms with E-state index in [9.17, 15) is 21.6 Å². The van der Waals surface area contributed by atoms with Gasteiger partial charge in [0.25, 0.3) is 0 Å². The molecule has 37 heavy (non-hydrogen) atoms. The zero-order chi connectivity index (χ0) is 27.1. The van der Waals surface area contributed by atoms with E-state index in [1.165, 1.54) is 23.5 Å². The number of methoxy groups -OCH3 is 1. The van der Waals surface area contributed by atoms with E-state index in [0.29, 0.717) is 30.3 Å². The van der Waals surface area contributed by atoms with Crippen LogP contribution in [0.5, 0.6) is 11.5 Å². The first-order chi connectivity index (χ1) is 17.6. The van der Waals surface area contributed by atoms with Gasteiger partial charge >= 0.3 is 0 Å². The number of ether oxygens (including phenoxy) is 2. The molecule has 0 aliphatic carbocycles. The Morgan fingerprint density at radius 1 is 0.973 bits per heavy atom. The number of amides is 1. The molecule has 1 heterocycles. The number of hydrogen-bond donors (Lipinski definition) is 1. The molecule has 0 unspecified atom stereocenters. The highest BCUT2D eigenvalue weighted by Crippen LogP contribution is 2.25. The molecule has 1 amide bonds. The molecular formula is C25H35N3O7S2. The minimum absolute atomic E-state index is 0.127. The first-order valence-electron chi connectivity index (χ1n) is 12.2. The van der Waals surface area contributed by atoms with Gasteiger partial charge < -0.3 is 14.8 Å². The van der Waals surface area contributed by atoms with Crippen LogP contribution in [0.25, 0.3) is 0 Å². The summed E-state index contributed by atoms with van der Waals surface area (Å²) in [5.41, 5.74) is 0.362. The van der Waals surface area contributed by atoms with Gasteiger partial charge in [-0.1, -0.05) is 13.3 Å². The number of carbonyl (C=O) groups is 1. The quantitative estimate of drug-likeness (QED) is 0.401. The number of carbonyl (C=O) groups excluding carboxylic acids is 1. The Labute approximate surface area is 219 Å². The fourth-order valence-corrected chi connectivity index (χ4v) is 6.94. The Hall–Kier alpha value is -2.83. The van der Waals surface area contributed by atoms with Gasteiger partial charge in [-0.3, -0.25) is 9.10 Å². The summed E-state index contributed by atoms with van der Waals surface area (Å²) < 4.78 is 64.0. The van der Waals surface area contributed by atoms with Crippen molar-refractivity contribution in [3.05, 3.63) is 48.5 Å². The Morgan fingerprint density at radius 3 is 2.11 bits per heavy atom. The van der Waals surface area contributed by atoms with E-state index in [-0.39, 0.29) is 24.5 Å². The number of rotatable bonds is 12. The molecule has 0 aromatic heterocycles. The third-order valence-corrected chi connectivity index (χ3v) is 9.20. The van der Waals surface area contributed by atoms with Crippen LogP contribution in [0.1, 0.15) is 32.6 Å². The molecule has 1 saturated heterocycles. The molecule has 1 aliphatic heterocycles. The third-order valence-electron chi connectivity index (χ3n) is 6.10. The van der Waals surface area contributed by atoms with Crippen LogP contribution in [0.2, 0.25) is 0 Å². The first kappa shape index (κ1) is 28.7. The fraction of sp³-hybridized carbons (Fsp3) is 0.480. The van der Waals surface area contributed by atoms with Crippen LogP contribution in [0.15, 0.2) is 53.4 Å². The summed E-state index contributed by atoms with van der Waals surface area (Å²) in [5.74, 6) is 0.592. The van der Waals surface area contributed by atoms with E-state index in [1.54, 1.807) is 43.3 Å². The highest BCUT2D eigenvalue weighted by Gasteiger charge is 2.31. The monoisotopic (exact) mass is 553 g/mol. The van der Waals surface area contributed by atoms with Crippen LogP contribution in [0.3, 0.4) is 0 Å². The largest absolute Gasteiger partial charge is 0.497 e. The van der Waals surface area contributed by atoms with Crippen LogP contribution < -0.4 is 19.1 Å². The van der Waals surface area contributed by atoms with Crippen molar-refractivity contribution in [2.45, 2.75) is 43.5 Å². The molecule has 1 fully saturated rings. The van der Waals surface area contributed by atoms with Crippen molar-refractivity contribution in [2.24, 2.45) is 0 Å². The number of nitrogens with one attached hydrogen (secondary N) is 1. The van der Waals surface area contributed by atoms with Crippen LogP contribution in [0, 0.1) is 0 Å². The molecular weight excluding hydrogens is 518 g/mol. The second-order valence-electron chi connectivity index (χ2n) is 8.76. The maximum Gasteiger partial charge on any atom is 0.244 e. The molecule has 0 saturated carbocycles. The predicted octanol–water partition coefficient (Wildman–Crippen LogP) is 2.61. The highest BCUT2D eigenvalue weighted by atomic mass is 32.2. The number of sulfonamides is 2. The lowest BCUT2D eigenvalue weighted by Gasteiger charge is -2.30. The summed E-state index contributed by atoms with van der Waals surface area (Å²) in [6, 6.07) is 11.7. The zero-order valence-corrected chi connectivity index (χ0v) is 23.1. The summed E-state index contributed by atoms with van der Waals surface area (Å²) in [6.07, 6.45) is 4.10. The molecule has 1 aliphatic rings. The molecule has 1 N–H and O–H groups in total. The summed E-state index contributed by atoms with van der Waals surface area (Å²) in [4.78, 5) is 13.1. The van der Waals surface area contributed by atoms with E-state index in [2.05, 4.69) is 5.32 Å². The highest BCUT2D eigenvalue weighted by molar-refractivity contribution is 7.92. The van der Waals surface area contributed by atoms with Crippen molar-refractivity contribution in [1.29, 1.82) is 0 Å². The number of anilines is 1. The van der Waals surface area contributed by atoms with Crippen molar-refractivity contribution < 1.29 is 31.1 Å². The van der Waals surface area contributed by atoms with Gasteiger partial charge in [-0.2, -0.15) is 4.31 Å². The molecule has 204 valence electrons. The van der Waals surface area contributed by atoms with Gasteiger partial charge in [-0.05, 0) is 67.8 Å². The Kier molecular flexibility index (Phi) is 9.80. The molecule has 12 heteroatoms. The van der Waals surface area contributed by atoms with Gasteiger partial charge in [0, 0.05) is 13.1 Å².